The summed E-state index contributed by atoms with van der Waals surface area (Å²) in [7, 11) is 1.37. The number of ether oxygens (including phenoxy) is 2. The van der Waals surface area contributed by atoms with Crippen LogP contribution in [0.5, 0.6) is 0 Å². The zero-order chi connectivity index (χ0) is 19.8. The van der Waals surface area contributed by atoms with Crippen molar-refractivity contribution < 1.29 is 23.9 Å². The van der Waals surface area contributed by atoms with Crippen LogP contribution in [0.3, 0.4) is 0 Å². The van der Waals surface area contributed by atoms with Crippen LogP contribution in [0, 0.1) is 11.8 Å². The fourth-order valence-corrected chi connectivity index (χ4v) is 5.03. The molecule has 2 aliphatic rings. The molecule has 6 heteroatoms. The van der Waals surface area contributed by atoms with Crippen molar-refractivity contribution in [3.63, 3.8) is 0 Å². The van der Waals surface area contributed by atoms with Gasteiger partial charge in [0.2, 0.25) is 0 Å². The summed E-state index contributed by atoms with van der Waals surface area (Å²) < 4.78 is 10.5. The van der Waals surface area contributed by atoms with E-state index in [1.807, 2.05) is 20.8 Å². The molecule has 0 aliphatic heterocycles. The number of thiophene rings is 1. The minimum atomic E-state index is -0.493. The Morgan fingerprint density at radius 2 is 1.85 bits per heavy atom. The standard InChI is InChI=1S/C21H28O5S/c1-21(2,3)26-18(23)10-12-5-8-16-14(9-12)19(20(24)25-4)17(27-16)11-15(22)13-6-7-13/h12-13H,5-11H2,1-4H3/t12-/m0/s1. The van der Waals surface area contributed by atoms with Crippen LogP contribution in [-0.4, -0.2) is 30.4 Å². The van der Waals surface area contributed by atoms with E-state index in [2.05, 4.69) is 0 Å². The summed E-state index contributed by atoms with van der Waals surface area (Å²) in [6, 6.07) is 0. The average Bonchev–Trinajstić information content (AvgIpc) is 3.35. The van der Waals surface area contributed by atoms with E-state index < -0.39 is 5.60 Å². The van der Waals surface area contributed by atoms with Crippen molar-refractivity contribution in [3.05, 3.63) is 20.9 Å². The number of Topliss-reactive ketones (excluding diaryl/α,β-unsaturated/α-hetero) is 1. The van der Waals surface area contributed by atoms with Crippen molar-refractivity contribution in [1.82, 2.24) is 0 Å². The van der Waals surface area contributed by atoms with Crippen molar-refractivity contribution in [3.8, 4) is 0 Å². The monoisotopic (exact) mass is 392 g/mol. The normalized spacial score (nSPS) is 19.3. The van der Waals surface area contributed by atoms with Gasteiger partial charge in [0.25, 0.3) is 0 Å². The smallest absolute Gasteiger partial charge is 0.339 e. The molecule has 1 fully saturated rings. The number of fused-ring (bicyclic) bond motifs is 1. The number of carbonyl (C=O) groups is 3. The highest BCUT2D eigenvalue weighted by Crippen LogP contribution is 2.40. The third-order valence-corrected chi connectivity index (χ3v) is 6.36. The highest BCUT2D eigenvalue weighted by atomic mass is 32.1. The van der Waals surface area contributed by atoms with Gasteiger partial charge in [0.05, 0.1) is 12.7 Å². The molecule has 0 aromatic carbocycles. The van der Waals surface area contributed by atoms with Gasteiger partial charge < -0.3 is 9.47 Å². The first-order valence-corrected chi connectivity index (χ1v) is 10.5. The third-order valence-electron chi connectivity index (χ3n) is 5.07. The van der Waals surface area contributed by atoms with Crippen LogP contribution < -0.4 is 0 Å². The summed E-state index contributed by atoms with van der Waals surface area (Å²) in [5, 5.41) is 0. The number of ketones is 1. The van der Waals surface area contributed by atoms with Crippen LogP contribution in [0.4, 0.5) is 0 Å². The maximum Gasteiger partial charge on any atom is 0.339 e. The highest BCUT2D eigenvalue weighted by Gasteiger charge is 2.34. The molecule has 148 valence electrons. The second-order valence-corrected chi connectivity index (χ2v) is 9.80. The fraction of sp³-hybridized carbons (Fsp3) is 0.667. The molecule has 0 N–H and O–H groups in total. The SMILES string of the molecule is COC(=O)c1c(CC(=O)C2CC2)sc2c1C[C@@H](CC(=O)OC(C)(C)C)CC2. The Kier molecular flexibility index (Phi) is 5.75. The Labute approximate surface area is 164 Å². The Morgan fingerprint density at radius 1 is 1.15 bits per heavy atom. The zero-order valence-corrected chi connectivity index (χ0v) is 17.4. The van der Waals surface area contributed by atoms with E-state index in [1.54, 1.807) is 11.3 Å². The number of carbonyl (C=O) groups excluding carboxylic acids is 3. The lowest BCUT2D eigenvalue weighted by Gasteiger charge is -2.25. The lowest BCUT2D eigenvalue weighted by molar-refractivity contribution is -0.156. The number of rotatable bonds is 6. The quantitative estimate of drug-likeness (QED) is 0.687. The summed E-state index contributed by atoms with van der Waals surface area (Å²) in [5.41, 5.74) is 1.05. The van der Waals surface area contributed by atoms with Gasteiger partial charge >= 0.3 is 11.9 Å². The fourth-order valence-electron chi connectivity index (χ4n) is 3.68. The number of methoxy groups -OCH3 is 1. The minimum Gasteiger partial charge on any atom is -0.465 e. The lowest BCUT2D eigenvalue weighted by atomic mass is 9.84. The number of aryl methyl sites for hydroxylation is 1. The third kappa shape index (κ3) is 4.98. The van der Waals surface area contributed by atoms with Crippen LogP contribution in [0.2, 0.25) is 0 Å². The molecule has 3 rings (SSSR count). The first kappa shape index (κ1) is 20.1. The van der Waals surface area contributed by atoms with Crippen molar-refractivity contribution >= 4 is 29.1 Å². The maximum atomic E-state index is 12.4. The zero-order valence-electron chi connectivity index (χ0n) is 16.6. The van der Waals surface area contributed by atoms with Gasteiger partial charge in [0.1, 0.15) is 11.4 Å². The second kappa shape index (κ2) is 7.74. The van der Waals surface area contributed by atoms with Crippen molar-refractivity contribution in [2.45, 2.75) is 71.3 Å². The van der Waals surface area contributed by atoms with Crippen molar-refractivity contribution in [2.75, 3.05) is 7.11 Å². The summed E-state index contributed by atoms with van der Waals surface area (Å²) in [6.45, 7) is 5.59. The van der Waals surface area contributed by atoms with E-state index in [1.165, 1.54) is 7.11 Å². The van der Waals surface area contributed by atoms with Crippen LogP contribution in [0.15, 0.2) is 0 Å². The Balaban J connectivity index is 1.77. The summed E-state index contributed by atoms with van der Waals surface area (Å²) >= 11 is 1.57. The van der Waals surface area contributed by atoms with Gasteiger partial charge in [-0.1, -0.05) is 0 Å². The Hall–Kier alpha value is -1.69. The van der Waals surface area contributed by atoms with Gasteiger partial charge in [-0.2, -0.15) is 0 Å². The van der Waals surface area contributed by atoms with E-state index >= 15 is 0 Å². The topological polar surface area (TPSA) is 69.7 Å². The molecular weight excluding hydrogens is 364 g/mol. The van der Waals surface area contributed by atoms with Gasteiger partial charge in [-0.3, -0.25) is 9.59 Å². The lowest BCUT2D eigenvalue weighted by Crippen LogP contribution is -2.27. The van der Waals surface area contributed by atoms with E-state index in [-0.39, 0.29) is 29.6 Å². The minimum absolute atomic E-state index is 0.150. The van der Waals surface area contributed by atoms with E-state index in [0.29, 0.717) is 24.8 Å². The largest absolute Gasteiger partial charge is 0.465 e. The van der Waals surface area contributed by atoms with Crippen LogP contribution in [0.1, 0.15) is 72.1 Å². The van der Waals surface area contributed by atoms with Crippen LogP contribution >= 0.6 is 11.3 Å². The van der Waals surface area contributed by atoms with E-state index in [9.17, 15) is 14.4 Å². The van der Waals surface area contributed by atoms with Gasteiger partial charge in [-0.15, -0.1) is 11.3 Å². The number of hydrogen-bond donors (Lipinski definition) is 0. The van der Waals surface area contributed by atoms with Crippen LogP contribution in [-0.2, 0) is 38.3 Å². The molecule has 0 radical (unpaired) electrons. The predicted octanol–water partition coefficient (Wildman–Crippen LogP) is 3.89. The molecule has 2 aliphatic carbocycles. The first-order chi connectivity index (χ1) is 12.7. The molecule has 1 heterocycles. The number of esters is 2. The predicted molar refractivity (Wildman–Crippen MR) is 103 cm³/mol. The molecular formula is C21H28O5S. The molecule has 1 aromatic heterocycles. The molecule has 1 atom stereocenters. The van der Waals surface area contributed by atoms with Crippen molar-refractivity contribution in [1.29, 1.82) is 0 Å². The maximum absolute atomic E-state index is 12.4. The molecule has 0 saturated heterocycles. The van der Waals surface area contributed by atoms with E-state index in [0.717, 1.165) is 41.0 Å². The Bertz CT molecular complexity index is 751. The van der Waals surface area contributed by atoms with E-state index in [4.69, 9.17) is 9.47 Å². The van der Waals surface area contributed by atoms with Crippen molar-refractivity contribution in [2.24, 2.45) is 11.8 Å². The van der Waals surface area contributed by atoms with Crippen LogP contribution in [0.25, 0.3) is 0 Å². The molecule has 0 unspecified atom stereocenters. The molecule has 1 saturated carbocycles. The molecule has 5 nitrogen and oxygen atoms in total. The molecule has 0 amide bonds. The number of hydrogen-bond acceptors (Lipinski definition) is 6. The van der Waals surface area contributed by atoms with Gasteiger partial charge in [-0.05, 0) is 64.4 Å². The summed E-state index contributed by atoms with van der Waals surface area (Å²) in [4.78, 5) is 38.9. The second-order valence-electron chi connectivity index (χ2n) is 8.61. The Morgan fingerprint density at radius 3 is 2.44 bits per heavy atom. The average molecular weight is 393 g/mol. The molecule has 0 spiro atoms. The van der Waals surface area contributed by atoms with Gasteiger partial charge in [-0.25, -0.2) is 4.79 Å². The molecule has 27 heavy (non-hydrogen) atoms. The highest BCUT2D eigenvalue weighted by molar-refractivity contribution is 7.12. The first-order valence-electron chi connectivity index (χ1n) is 9.64. The molecule has 1 aromatic rings. The van der Waals surface area contributed by atoms with Gasteiger partial charge in [0.15, 0.2) is 0 Å². The summed E-state index contributed by atoms with van der Waals surface area (Å²) in [6.07, 6.45) is 4.99. The summed E-state index contributed by atoms with van der Waals surface area (Å²) in [5.74, 6) is -0.0186. The molecule has 0 bridgehead atoms. The van der Waals surface area contributed by atoms with Gasteiger partial charge in [0, 0.05) is 28.5 Å².